The van der Waals surface area contributed by atoms with Gasteiger partial charge in [0.1, 0.15) is 5.75 Å². The first kappa shape index (κ1) is 14.8. The summed E-state index contributed by atoms with van der Waals surface area (Å²) in [6.45, 7) is 5.45. The number of ether oxygens (including phenoxy) is 1. The molecule has 0 aromatic heterocycles. The van der Waals surface area contributed by atoms with Crippen molar-refractivity contribution in [1.29, 1.82) is 0 Å². The second kappa shape index (κ2) is 6.70. The summed E-state index contributed by atoms with van der Waals surface area (Å²) < 4.78 is 5.44. The summed E-state index contributed by atoms with van der Waals surface area (Å²) in [4.78, 5) is 22.8. The molecule has 4 nitrogen and oxygen atoms in total. The molecular formula is C17H17NO3. The lowest BCUT2D eigenvalue weighted by molar-refractivity contribution is -0.122. The van der Waals surface area contributed by atoms with Crippen LogP contribution < -0.4 is 10.1 Å². The number of Topliss-reactive ketones (excluding diaryl/α,β-unsaturated/α-hetero) is 1. The van der Waals surface area contributed by atoms with Crippen molar-refractivity contribution in [1.82, 2.24) is 5.32 Å². The largest absolute Gasteiger partial charge is 0.484 e. The molecule has 0 bridgehead atoms. The summed E-state index contributed by atoms with van der Waals surface area (Å²) in [5.74, 6) is 0.463. The van der Waals surface area contributed by atoms with Gasteiger partial charge in [0.25, 0.3) is 5.91 Å². The molecule has 108 valence electrons. The van der Waals surface area contributed by atoms with E-state index in [4.69, 9.17) is 4.74 Å². The average molecular weight is 283 g/mol. The molecule has 0 aliphatic carbocycles. The third kappa shape index (κ3) is 3.92. The number of nitrogens with one attached hydrogen (secondary N) is 1. The SMILES string of the molecule is C=CCNC(=O)COc1ccc2cc(C(C)=O)ccc2c1. The van der Waals surface area contributed by atoms with Crippen molar-refractivity contribution in [3.05, 3.63) is 54.6 Å². The highest BCUT2D eigenvalue weighted by atomic mass is 16.5. The number of carbonyl (C=O) groups excluding carboxylic acids is 2. The predicted molar refractivity (Wildman–Crippen MR) is 82.7 cm³/mol. The maximum atomic E-state index is 11.4. The molecule has 2 rings (SSSR count). The summed E-state index contributed by atoms with van der Waals surface area (Å²) in [7, 11) is 0. The van der Waals surface area contributed by atoms with Crippen LogP contribution in [-0.4, -0.2) is 24.8 Å². The molecule has 0 radical (unpaired) electrons. The normalized spacial score (nSPS) is 10.1. The summed E-state index contributed by atoms with van der Waals surface area (Å²) >= 11 is 0. The summed E-state index contributed by atoms with van der Waals surface area (Å²) in [6, 6.07) is 11.0. The van der Waals surface area contributed by atoms with Crippen LogP contribution >= 0.6 is 0 Å². The van der Waals surface area contributed by atoms with E-state index in [1.165, 1.54) is 0 Å². The molecule has 0 aliphatic heterocycles. The highest BCUT2D eigenvalue weighted by Gasteiger charge is 2.04. The van der Waals surface area contributed by atoms with Crippen molar-refractivity contribution in [3.63, 3.8) is 0 Å². The monoisotopic (exact) mass is 283 g/mol. The molecule has 21 heavy (non-hydrogen) atoms. The maximum Gasteiger partial charge on any atom is 0.258 e. The Kier molecular flexibility index (Phi) is 4.72. The molecule has 0 atom stereocenters. The van der Waals surface area contributed by atoms with Gasteiger partial charge in [0, 0.05) is 12.1 Å². The van der Waals surface area contributed by atoms with Crippen molar-refractivity contribution in [2.75, 3.05) is 13.2 Å². The smallest absolute Gasteiger partial charge is 0.258 e. The molecule has 2 aromatic rings. The fourth-order valence-electron chi connectivity index (χ4n) is 1.92. The van der Waals surface area contributed by atoms with Crippen molar-refractivity contribution in [2.24, 2.45) is 0 Å². The maximum absolute atomic E-state index is 11.4. The molecular weight excluding hydrogens is 266 g/mol. The molecule has 0 spiro atoms. The first-order valence-electron chi connectivity index (χ1n) is 6.65. The van der Waals surface area contributed by atoms with Crippen LogP contribution in [0.1, 0.15) is 17.3 Å². The van der Waals surface area contributed by atoms with Crippen LogP contribution in [0.5, 0.6) is 5.75 Å². The lowest BCUT2D eigenvalue weighted by Crippen LogP contribution is -2.28. The van der Waals surface area contributed by atoms with Crippen LogP contribution in [0.25, 0.3) is 10.8 Å². The van der Waals surface area contributed by atoms with Crippen LogP contribution in [0.15, 0.2) is 49.1 Å². The third-order valence-corrected chi connectivity index (χ3v) is 3.03. The quantitative estimate of drug-likeness (QED) is 0.655. The fraction of sp³-hybridized carbons (Fsp3) is 0.176. The minimum absolute atomic E-state index is 0.0368. The lowest BCUT2D eigenvalue weighted by atomic mass is 10.0. The van der Waals surface area contributed by atoms with Gasteiger partial charge in [0.15, 0.2) is 12.4 Å². The van der Waals surface area contributed by atoms with E-state index in [-0.39, 0.29) is 18.3 Å². The standard InChI is InChI=1S/C17H17NO3/c1-3-8-18-17(20)11-21-16-7-6-14-9-13(12(2)19)4-5-15(14)10-16/h3-7,9-10H,1,8,11H2,2H3,(H,18,20). The first-order valence-corrected chi connectivity index (χ1v) is 6.65. The van der Waals surface area contributed by atoms with Gasteiger partial charge in [0.2, 0.25) is 0 Å². The van der Waals surface area contributed by atoms with Crippen molar-refractivity contribution in [2.45, 2.75) is 6.92 Å². The Morgan fingerprint density at radius 3 is 2.62 bits per heavy atom. The van der Waals surface area contributed by atoms with Gasteiger partial charge in [-0.2, -0.15) is 0 Å². The van der Waals surface area contributed by atoms with Crippen molar-refractivity contribution < 1.29 is 14.3 Å². The molecule has 0 heterocycles. The Hall–Kier alpha value is -2.62. The molecule has 0 aliphatic rings. The molecule has 4 heteroatoms. The zero-order valence-electron chi connectivity index (χ0n) is 11.9. The number of rotatable bonds is 6. The number of hydrogen-bond donors (Lipinski definition) is 1. The number of ketones is 1. The van der Waals surface area contributed by atoms with Crippen LogP contribution in [-0.2, 0) is 4.79 Å². The Bertz CT molecular complexity index is 691. The molecule has 1 amide bonds. The van der Waals surface area contributed by atoms with Crippen LogP contribution in [0.4, 0.5) is 0 Å². The van der Waals surface area contributed by atoms with Crippen molar-refractivity contribution in [3.8, 4) is 5.75 Å². The molecule has 0 unspecified atom stereocenters. The third-order valence-electron chi connectivity index (χ3n) is 3.03. The van der Waals surface area contributed by atoms with Gasteiger partial charge in [-0.15, -0.1) is 6.58 Å². The first-order chi connectivity index (χ1) is 10.1. The van der Waals surface area contributed by atoms with Gasteiger partial charge in [-0.3, -0.25) is 9.59 Å². The fourth-order valence-corrected chi connectivity index (χ4v) is 1.92. The number of hydrogen-bond acceptors (Lipinski definition) is 3. The van der Waals surface area contributed by atoms with Gasteiger partial charge in [-0.1, -0.05) is 24.3 Å². The van der Waals surface area contributed by atoms with Gasteiger partial charge in [-0.05, 0) is 35.9 Å². The topological polar surface area (TPSA) is 55.4 Å². The van der Waals surface area contributed by atoms with Gasteiger partial charge < -0.3 is 10.1 Å². The summed E-state index contributed by atoms with van der Waals surface area (Å²) in [5.41, 5.74) is 0.681. The van der Waals surface area contributed by atoms with E-state index in [1.807, 2.05) is 24.3 Å². The van der Waals surface area contributed by atoms with E-state index >= 15 is 0 Å². The van der Waals surface area contributed by atoms with E-state index in [0.717, 1.165) is 10.8 Å². The van der Waals surface area contributed by atoms with Crippen LogP contribution in [0.3, 0.4) is 0 Å². The van der Waals surface area contributed by atoms with Crippen LogP contribution in [0, 0.1) is 0 Å². The van der Waals surface area contributed by atoms with E-state index in [2.05, 4.69) is 11.9 Å². The van der Waals surface area contributed by atoms with Gasteiger partial charge >= 0.3 is 0 Å². The Morgan fingerprint density at radius 1 is 1.19 bits per heavy atom. The predicted octanol–water partition coefficient (Wildman–Crippen LogP) is 2.72. The molecule has 0 saturated carbocycles. The van der Waals surface area contributed by atoms with Gasteiger partial charge in [-0.25, -0.2) is 0 Å². The minimum Gasteiger partial charge on any atom is -0.484 e. The zero-order valence-corrected chi connectivity index (χ0v) is 11.9. The van der Waals surface area contributed by atoms with Crippen molar-refractivity contribution >= 4 is 22.5 Å². The van der Waals surface area contributed by atoms with E-state index in [1.54, 1.807) is 25.1 Å². The summed E-state index contributed by atoms with van der Waals surface area (Å²) in [6.07, 6.45) is 1.61. The average Bonchev–Trinajstić information content (AvgIpc) is 2.50. The molecule has 0 fully saturated rings. The number of amides is 1. The Morgan fingerprint density at radius 2 is 1.90 bits per heavy atom. The van der Waals surface area contributed by atoms with E-state index < -0.39 is 0 Å². The molecule has 0 saturated heterocycles. The molecule has 1 N–H and O–H groups in total. The second-order valence-corrected chi connectivity index (χ2v) is 4.66. The Labute approximate surface area is 123 Å². The highest BCUT2D eigenvalue weighted by molar-refractivity contribution is 5.98. The van der Waals surface area contributed by atoms with Crippen LogP contribution in [0.2, 0.25) is 0 Å². The Balaban J connectivity index is 2.09. The summed E-state index contributed by atoms with van der Waals surface area (Å²) in [5, 5.41) is 4.57. The number of carbonyl (C=O) groups is 2. The molecule has 2 aromatic carbocycles. The van der Waals surface area contributed by atoms with E-state index in [0.29, 0.717) is 17.9 Å². The lowest BCUT2D eigenvalue weighted by Gasteiger charge is -2.08. The minimum atomic E-state index is -0.193. The highest BCUT2D eigenvalue weighted by Crippen LogP contribution is 2.22. The second-order valence-electron chi connectivity index (χ2n) is 4.66. The number of fused-ring (bicyclic) bond motifs is 1. The van der Waals surface area contributed by atoms with Gasteiger partial charge in [0.05, 0.1) is 0 Å². The number of benzene rings is 2. The zero-order chi connectivity index (χ0) is 15.2. The van der Waals surface area contributed by atoms with E-state index in [9.17, 15) is 9.59 Å².